The zero-order chi connectivity index (χ0) is 26.6. The van der Waals surface area contributed by atoms with Gasteiger partial charge in [-0.15, -0.1) is 0 Å². The van der Waals surface area contributed by atoms with E-state index in [4.69, 9.17) is 17.1 Å². The molecular weight excluding hydrogens is 444 g/mol. The zero-order valence-electron chi connectivity index (χ0n) is 20.3. The van der Waals surface area contributed by atoms with E-state index in [9.17, 15) is 28.0 Å². The Morgan fingerprint density at radius 3 is 2.81 bits per heavy atom. The average molecular weight is 466 g/mol. The van der Waals surface area contributed by atoms with Crippen LogP contribution in [0.15, 0.2) is 42.4 Å². The lowest BCUT2D eigenvalue weighted by molar-refractivity contribution is -0.147. The van der Waals surface area contributed by atoms with Crippen LogP contribution in [-0.2, 0) is 33.3 Å². The van der Waals surface area contributed by atoms with Gasteiger partial charge in [0, 0.05) is 35.6 Å². The van der Waals surface area contributed by atoms with Gasteiger partial charge in [0.25, 0.3) is 11.8 Å². The van der Waals surface area contributed by atoms with Crippen LogP contribution in [0.4, 0.5) is 8.78 Å². The molecule has 0 radical (unpaired) electrons. The Labute approximate surface area is 192 Å². The third kappa shape index (κ3) is 4.08. The minimum Gasteiger partial charge on any atom is -0.346 e. The van der Waals surface area contributed by atoms with Gasteiger partial charge >= 0.3 is 5.92 Å². The molecule has 2 N–H and O–H groups in total. The van der Waals surface area contributed by atoms with Crippen LogP contribution in [0, 0.1) is 0 Å². The van der Waals surface area contributed by atoms with Crippen LogP contribution in [0.3, 0.4) is 0 Å². The Hall–Kier alpha value is -3.33. The number of halogens is 3. The van der Waals surface area contributed by atoms with E-state index in [1.807, 2.05) is 0 Å². The topological polar surface area (TPSA) is 95.6 Å². The number of imide groups is 1. The second-order valence-electron chi connectivity index (χ2n) is 7.30. The van der Waals surface area contributed by atoms with Crippen LogP contribution < -0.4 is 10.6 Å². The maximum Gasteiger partial charge on any atom is 0.349 e. The minimum absolute atomic E-state index is 0.0454. The van der Waals surface area contributed by atoms with Crippen LogP contribution in [0.25, 0.3) is 0 Å². The molecule has 4 rings (SSSR count). The second kappa shape index (κ2) is 8.31. The number of carbonyl (C=O) groups excluding carboxylic acids is 4. The number of amides is 4. The van der Waals surface area contributed by atoms with Crippen LogP contribution >= 0.6 is 11.6 Å². The molecule has 2 aromatic rings. The smallest absolute Gasteiger partial charge is 0.346 e. The number of carbonyl (C=O) groups is 4. The van der Waals surface area contributed by atoms with E-state index in [1.54, 1.807) is 0 Å². The average Bonchev–Trinajstić information content (AvgIpc) is 3.15. The number of rotatable bonds is 5. The summed E-state index contributed by atoms with van der Waals surface area (Å²) in [6.07, 6.45) is 0.163. The summed E-state index contributed by atoms with van der Waals surface area (Å²) >= 11 is 5.67. The van der Waals surface area contributed by atoms with Crippen molar-refractivity contribution in [3.8, 4) is 0 Å². The first-order valence-corrected chi connectivity index (χ1v) is 9.89. The molecule has 10 heteroatoms. The first-order chi connectivity index (χ1) is 16.7. The van der Waals surface area contributed by atoms with E-state index in [-0.39, 0.29) is 41.1 Å². The van der Waals surface area contributed by atoms with E-state index in [1.165, 1.54) is 17.0 Å². The highest BCUT2D eigenvalue weighted by molar-refractivity contribution is 6.30. The molecule has 0 aliphatic carbocycles. The maximum absolute atomic E-state index is 14.8. The molecule has 2 heterocycles. The number of nitrogens with zero attached hydrogens (tertiary/aromatic N) is 1. The summed E-state index contributed by atoms with van der Waals surface area (Å²) in [6, 6.07) is 4.61. The number of nitrogens with one attached hydrogen (secondary N) is 2. The Bertz CT molecular complexity index is 1310. The van der Waals surface area contributed by atoms with Crippen molar-refractivity contribution in [3.05, 3.63) is 69.7 Å². The Kier molecular flexibility index (Phi) is 4.48. The summed E-state index contributed by atoms with van der Waals surface area (Å²) in [4.78, 5) is 50.1. The molecule has 2 aliphatic rings. The van der Waals surface area contributed by atoms with Gasteiger partial charge in [-0.3, -0.25) is 24.5 Å². The minimum atomic E-state index is -4.33. The van der Waals surface area contributed by atoms with E-state index in [0.29, 0.717) is 6.07 Å². The zero-order valence-corrected chi connectivity index (χ0v) is 17.1. The third-order valence-electron chi connectivity index (χ3n) is 5.22. The van der Waals surface area contributed by atoms with Crippen molar-refractivity contribution in [1.29, 1.82) is 0 Å². The number of fused-ring (bicyclic) bond motifs is 1. The van der Waals surface area contributed by atoms with Gasteiger partial charge in [-0.05, 0) is 35.7 Å². The molecule has 0 saturated carbocycles. The lowest BCUT2D eigenvalue weighted by Crippen LogP contribution is -2.52. The highest BCUT2D eigenvalue weighted by atomic mass is 35.5. The van der Waals surface area contributed by atoms with Gasteiger partial charge in [0.2, 0.25) is 11.8 Å². The molecule has 1 fully saturated rings. The van der Waals surface area contributed by atoms with Crippen molar-refractivity contribution in [3.63, 3.8) is 0 Å². The fourth-order valence-electron chi connectivity index (χ4n) is 3.55. The van der Waals surface area contributed by atoms with Crippen molar-refractivity contribution >= 4 is 35.2 Å². The summed E-state index contributed by atoms with van der Waals surface area (Å²) in [7, 11) is 0. The number of alkyl halides is 2. The molecular formula is C22H18ClF2N3O4. The highest BCUT2D eigenvalue weighted by Gasteiger charge is 2.41. The Morgan fingerprint density at radius 1 is 1.31 bits per heavy atom. The lowest BCUT2D eigenvalue weighted by atomic mass is 10.0. The number of benzene rings is 2. The molecule has 7 nitrogen and oxygen atoms in total. The predicted octanol–water partition coefficient (Wildman–Crippen LogP) is 2.51. The van der Waals surface area contributed by atoms with Crippen molar-refractivity contribution in [2.45, 2.75) is 37.8 Å². The van der Waals surface area contributed by atoms with Gasteiger partial charge in [-0.2, -0.15) is 8.78 Å². The molecule has 2 aromatic carbocycles. The quantitative estimate of drug-likeness (QED) is 0.663. The van der Waals surface area contributed by atoms with Gasteiger partial charge < -0.3 is 10.2 Å². The van der Waals surface area contributed by atoms with Gasteiger partial charge in [0.05, 0.1) is 4.11 Å². The van der Waals surface area contributed by atoms with E-state index in [2.05, 4.69) is 5.32 Å². The molecule has 0 spiro atoms. The molecule has 1 atom stereocenters. The van der Waals surface area contributed by atoms with Crippen LogP contribution in [0.5, 0.6) is 0 Å². The van der Waals surface area contributed by atoms with Crippen molar-refractivity contribution < 1.29 is 33.5 Å². The molecule has 0 aromatic heterocycles. The van der Waals surface area contributed by atoms with Crippen molar-refractivity contribution in [2.24, 2.45) is 0 Å². The molecule has 1 saturated heterocycles. The first kappa shape index (κ1) is 17.3. The van der Waals surface area contributed by atoms with Gasteiger partial charge in [-0.1, -0.05) is 35.9 Å². The molecule has 2 aliphatic heterocycles. The maximum atomic E-state index is 14.8. The summed E-state index contributed by atoms with van der Waals surface area (Å²) < 4.78 is 61.6. The van der Waals surface area contributed by atoms with Gasteiger partial charge in [0.1, 0.15) is 6.04 Å². The fraction of sp³-hybridized carbons (Fsp3) is 0.273. The fourth-order valence-corrected chi connectivity index (χ4v) is 3.67. The molecule has 4 amide bonds. The second-order valence-corrected chi connectivity index (χ2v) is 7.71. The van der Waals surface area contributed by atoms with Gasteiger partial charge in [-0.25, -0.2) is 0 Å². The summed E-state index contributed by atoms with van der Waals surface area (Å²) in [5.41, 5.74) is -0.836. The van der Waals surface area contributed by atoms with Gasteiger partial charge in [0.15, 0.2) is 1.41 Å². The summed E-state index contributed by atoms with van der Waals surface area (Å²) in [5, 5.41) is 1.55. The standard InChI is InChI=1S/C22H18ClF2N3O4/c23-15-4-2-14(3-5-15)22(24,25)21(32)26-10-12-1-6-16-13(9-12)11-28(20(16)31)17-7-8-18(29)27-19(17)30/h1-6,9,17H,7-8,10-11H2,(H,26,32)(H,27,29,30)/i4D,10D2/hD. The SMILES string of the molecule is [2H]c1cc(C(F)(F)C(=O)N([2H])C([2H])([2H])c2ccc3c(c2)CN(C2CCC(=O)NC2=O)C3=O)ccc1Cl. The molecule has 166 valence electrons. The molecule has 0 bridgehead atoms. The Balaban J connectivity index is 1.58. The third-order valence-corrected chi connectivity index (χ3v) is 5.45. The highest BCUT2D eigenvalue weighted by Crippen LogP contribution is 2.30. The van der Waals surface area contributed by atoms with Crippen molar-refractivity contribution in [2.75, 3.05) is 0 Å². The van der Waals surface area contributed by atoms with Crippen molar-refractivity contribution in [1.82, 2.24) is 15.5 Å². The summed E-state index contributed by atoms with van der Waals surface area (Å²) in [5.74, 6) is -8.11. The van der Waals surface area contributed by atoms with E-state index < -0.39 is 59.0 Å². The largest absolute Gasteiger partial charge is 0.349 e. The first-order valence-electron chi connectivity index (χ1n) is 11.5. The number of hydrogen-bond acceptors (Lipinski definition) is 4. The van der Waals surface area contributed by atoms with Crippen LogP contribution in [0.2, 0.25) is 6.43 Å². The van der Waals surface area contributed by atoms with E-state index >= 15 is 0 Å². The Morgan fingerprint density at radius 2 is 2.09 bits per heavy atom. The number of hydrogen-bond donors (Lipinski definition) is 2. The number of piperidine rings is 1. The van der Waals surface area contributed by atoms with Crippen LogP contribution in [0.1, 0.15) is 44.0 Å². The van der Waals surface area contributed by atoms with Crippen LogP contribution in [-0.4, -0.2) is 34.6 Å². The molecule has 1 unspecified atom stereocenters. The lowest BCUT2D eigenvalue weighted by Gasteiger charge is -2.29. The van der Waals surface area contributed by atoms with E-state index in [0.717, 1.165) is 18.2 Å². The molecule has 32 heavy (non-hydrogen) atoms. The predicted molar refractivity (Wildman–Crippen MR) is 110 cm³/mol. The normalized spacial score (nSPS) is 20.7. The monoisotopic (exact) mass is 465 g/mol. The summed E-state index contributed by atoms with van der Waals surface area (Å²) in [6.45, 7) is -3.14.